The van der Waals surface area contributed by atoms with Gasteiger partial charge in [-0.1, -0.05) is 35.9 Å². The van der Waals surface area contributed by atoms with E-state index in [-0.39, 0.29) is 17.0 Å². The highest BCUT2D eigenvalue weighted by molar-refractivity contribution is 7.14. The first kappa shape index (κ1) is 23.6. The second kappa shape index (κ2) is 10.6. The molecule has 4 rings (SSSR count). The Balaban J connectivity index is 1.42. The molecule has 0 bridgehead atoms. The van der Waals surface area contributed by atoms with Crippen LogP contribution in [0.1, 0.15) is 21.5 Å². The number of nitrogens with zero attached hydrogens (tertiary/aromatic N) is 3. The van der Waals surface area contributed by atoms with Crippen molar-refractivity contribution in [1.82, 2.24) is 4.98 Å². The standard InChI is InChI=1S/C25H20N4O5S/c1-16-6-9-18(10-7-16)21-15-35-25(27-21)28-26-14-17-8-11-22(23(12-17)33-2)34-24(30)19-4-3-5-20(13-19)29(31)32/h3-15H,1-2H3,(H,27,28). The number of anilines is 1. The fourth-order valence-corrected chi connectivity index (χ4v) is 3.77. The number of methoxy groups -OCH3 is 1. The highest BCUT2D eigenvalue weighted by Gasteiger charge is 2.16. The summed E-state index contributed by atoms with van der Waals surface area (Å²) in [4.78, 5) is 27.4. The predicted molar refractivity (Wildman–Crippen MR) is 135 cm³/mol. The molecule has 1 N–H and O–H groups in total. The number of benzene rings is 3. The van der Waals surface area contributed by atoms with E-state index < -0.39 is 10.9 Å². The number of hydrazone groups is 1. The van der Waals surface area contributed by atoms with Crippen LogP contribution in [0.4, 0.5) is 10.8 Å². The summed E-state index contributed by atoms with van der Waals surface area (Å²) in [7, 11) is 1.45. The lowest BCUT2D eigenvalue weighted by molar-refractivity contribution is -0.384. The van der Waals surface area contributed by atoms with Crippen molar-refractivity contribution < 1.29 is 19.2 Å². The number of nitro benzene ring substituents is 1. The second-order valence-corrected chi connectivity index (χ2v) is 8.24. The quantitative estimate of drug-likeness (QED) is 0.111. The number of hydrogen-bond donors (Lipinski definition) is 1. The van der Waals surface area contributed by atoms with Crippen molar-refractivity contribution in [3.63, 3.8) is 0 Å². The van der Waals surface area contributed by atoms with Crippen molar-refractivity contribution in [3.05, 3.63) is 98.9 Å². The van der Waals surface area contributed by atoms with Gasteiger partial charge in [-0.3, -0.25) is 15.5 Å². The number of non-ortho nitro benzene ring substituents is 1. The third kappa shape index (κ3) is 5.87. The Bertz CT molecular complexity index is 1400. The number of hydrogen-bond acceptors (Lipinski definition) is 9. The van der Waals surface area contributed by atoms with Crippen LogP contribution < -0.4 is 14.9 Å². The SMILES string of the molecule is COc1cc(C=NNc2nc(-c3ccc(C)cc3)cs2)ccc1OC(=O)c1cccc([N+](=O)[O-])c1. The fourth-order valence-electron chi connectivity index (χ4n) is 3.10. The van der Waals surface area contributed by atoms with E-state index in [1.165, 1.54) is 42.2 Å². The molecule has 0 aliphatic heterocycles. The van der Waals surface area contributed by atoms with Gasteiger partial charge in [0, 0.05) is 23.1 Å². The minimum Gasteiger partial charge on any atom is -0.493 e. The fraction of sp³-hybridized carbons (Fsp3) is 0.0800. The van der Waals surface area contributed by atoms with Gasteiger partial charge >= 0.3 is 5.97 Å². The number of esters is 1. The van der Waals surface area contributed by atoms with Crippen LogP contribution in [0.3, 0.4) is 0 Å². The van der Waals surface area contributed by atoms with Crippen molar-refractivity contribution in [1.29, 1.82) is 0 Å². The third-order valence-corrected chi connectivity index (χ3v) is 5.66. The molecule has 0 fully saturated rings. The van der Waals surface area contributed by atoms with Crippen LogP contribution in [0.2, 0.25) is 0 Å². The average Bonchev–Trinajstić information content (AvgIpc) is 3.34. The Morgan fingerprint density at radius 3 is 2.66 bits per heavy atom. The van der Waals surface area contributed by atoms with Gasteiger partial charge in [0.15, 0.2) is 11.5 Å². The van der Waals surface area contributed by atoms with E-state index in [0.29, 0.717) is 16.4 Å². The van der Waals surface area contributed by atoms with Gasteiger partial charge in [0.2, 0.25) is 5.13 Å². The maximum absolute atomic E-state index is 12.4. The largest absolute Gasteiger partial charge is 0.493 e. The second-order valence-electron chi connectivity index (χ2n) is 7.38. The number of nitrogens with one attached hydrogen (secondary N) is 1. The van der Waals surface area contributed by atoms with Crippen LogP contribution in [0.25, 0.3) is 11.3 Å². The Hall–Kier alpha value is -4.57. The molecule has 0 amide bonds. The molecule has 10 heteroatoms. The van der Waals surface area contributed by atoms with Gasteiger partial charge in [0.1, 0.15) is 0 Å². The summed E-state index contributed by atoms with van der Waals surface area (Å²) in [6, 6.07) is 18.4. The number of ether oxygens (including phenoxy) is 2. The zero-order valence-electron chi connectivity index (χ0n) is 18.8. The predicted octanol–water partition coefficient (Wildman–Crippen LogP) is 5.70. The van der Waals surface area contributed by atoms with E-state index in [0.717, 1.165) is 17.3 Å². The van der Waals surface area contributed by atoms with Crippen LogP contribution in [-0.2, 0) is 0 Å². The third-order valence-electron chi connectivity index (χ3n) is 4.91. The summed E-state index contributed by atoms with van der Waals surface area (Å²) in [5.41, 5.74) is 6.55. The minimum atomic E-state index is -0.733. The molecule has 0 aliphatic rings. The number of aryl methyl sites for hydroxylation is 1. The molecule has 3 aromatic carbocycles. The van der Waals surface area contributed by atoms with E-state index in [1.54, 1.807) is 24.4 Å². The van der Waals surface area contributed by atoms with E-state index in [1.807, 2.05) is 36.6 Å². The van der Waals surface area contributed by atoms with Gasteiger partial charge in [-0.25, -0.2) is 9.78 Å². The number of rotatable bonds is 8. The molecule has 0 saturated heterocycles. The first-order valence-electron chi connectivity index (χ1n) is 10.4. The number of nitro groups is 1. The molecule has 1 aromatic heterocycles. The summed E-state index contributed by atoms with van der Waals surface area (Å²) in [5, 5.41) is 17.8. The van der Waals surface area contributed by atoms with Gasteiger partial charge in [-0.2, -0.15) is 5.10 Å². The van der Waals surface area contributed by atoms with Crippen LogP contribution in [0.5, 0.6) is 11.5 Å². The molecular weight excluding hydrogens is 468 g/mol. The molecule has 35 heavy (non-hydrogen) atoms. The maximum atomic E-state index is 12.4. The normalized spacial score (nSPS) is 10.8. The molecule has 1 heterocycles. The van der Waals surface area contributed by atoms with Crippen LogP contribution >= 0.6 is 11.3 Å². The molecule has 0 radical (unpaired) electrons. The van der Waals surface area contributed by atoms with E-state index in [4.69, 9.17) is 9.47 Å². The number of aromatic nitrogens is 1. The van der Waals surface area contributed by atoms with Gasteiger partial charge in [-0.05, 0) is 36.8 Å². The first-order valence-corrected chi connectivity index (χ1v) is 11.3. The Labute approximate surface area is 204 Å². The first-order chi connectivity index (χ1) is 16.9. The summed E-state index contributed by atoms with van der Waals surface area (Å²) >= 11 is 1.44. The van der Waals surface area contributed by atoms with Crippen LogP contribution in [0.15, 0.2) is 77.2 Å². The summed E-state index contributed by atoms with van der Waals surface area (Å²) in [5.74, 6) is -0.247. The molecule has 0 saturated carbocycles. The van der Waals surface area contributed by atoms with Crippen molar-refractivity contribution in [2.24, 2.45) is 5.10 Å². The monoisotopic (exact) mass is 488 g/mol. The van der Waals surface area contributed by atoms with Gasteiger partial charge in [0.25, 0.3) is 5.69 Å². The number of carbonyl (C=O) groups is 1. The minimum absolute atomic E-state index is 0.0598. The molecule has 0 unspecified atom stereocenters. The van der Waals surface area contributed by atoms with Crippen molar-refractivity contribution in [3.8, 4) is 22.8 Å². The molecule has 9 nitrogen and oxygen atoms in total. The Kier molecular flexibility index (Phi) is 7.12. The van der Waals surface area contributed by atoms with Gasteiger partial charge in [0.05, 0.1) is 29.5 Å². The van der Waals surface area contributed by atoms with E-state index in [9.17, 15) is 14.9 Å². The average molecular weight is 489 g/mol. The zero-order valence-corrected chi connectivity index (χ0v) is 19.6. The molecule has 0 aliphatic carbocycles. The maximum Gasteiger partial charge on any atom is 0.343 e. The van der Waals surface area contributed by atoms with Crippen molar-refractivity contribution >= 4 is 34.3 Å². The lowest BCUT2D eigenvalue weighted by Gasteiger charge is -2.10. The Morgan fingerprint density at radius 2 is 1.91 bits per heavy atom. The molecular formula is C25H20N4O5S. The van der Waals surface area contributed by atoms with Crippen molar-refractivity contribution in [2.75, 3.05) is 12.5 Å². The summed E-state index contributed by atoms with van der Waals surface area (Å²) in [6.45, 7) is 2.04. The molecule has 0 spiro atoms. The highest BCUT2D eigenvalue weighted by Crippen LogP contribution is 2.29. The number of carbonyl (C=O) groups excluding carboxylic acids is 1. The zero-order chi connectivity index (χ0) is 24.8. The molecule has 176 valence electrons. The number of thiazole rings is 1. The van der Waals surface area contributed by atoms with Gasteiger partial charge in [-0.15, -0.1) is 11.3 Å². The summed E-state index contributed by atoms with van der Waals surface area (Å²) in [6.07, 6.45) is 1.58. The van der Waals surface area contributed by atoms with Crippen LogP contribution in [-0.4, -0.2) is 29.2 Å². The van der Waals surface area contributed by atoms with E-state index >= 15 is 0 Å². The van der Waals surface area contributed by atoms with Crippen molar-refractivity contribution in [2.45, 2.75) is 6.92 Å². The Morgan fingerprint density at radius 1 is 1.11 bits per heavy atom. The smallest absolute Gasteiger partial charge is 0.343 e. The lowest BCUT2D eigenvalue weighted by Crippen LogP contribution is -2.09. The summed E-state index contributed by atoms with van der Waals surface area (Å²) < 4.78 is 10.7. The highest BCUT2D eigenvalue weighted by atomic mass is 32.1. The molecule has 0 atom stereocenters. The van der Waals surface area contributed by atoms with Crippen LogP contribution in [0, 0.1) is 17.0 Å². The topological polar surface area (TPSA) is 116 Å². The lowest BCUT2D eigenvalue weighted by atomic mass is 10.1. The van der Waals surface area contributed by atoms with Gasteiger partial charge < -0.3 is 9.47 Å². The molecule has 4 aromatic rings. The van der Waals surface area contributed by atoms with E-state index in [2.05, 4.69) is 15.5 Å².